The van der Waals surface area contributed by atoms with E-state index in [9.17, 15) is 4.79 Å². The van der Waals surface area contributed by atoms with Crippen LogP contribution in [0.15, 0.2) is 0 Å². The third-order valence-electron chi connectivity index (χ3n) is 5.29. The minimum absolute atomic E-state index is 0.0468. The van der Waals surface area contributed by atoms with Crippen LogP contribution in [-0.2, 0) is 4.79 Å². The Hall–Kier alpha value is -0.610. The van der Waals surface area contributed by atoms with E-state index in [4.69, 9.17) is 0 Å². The summed E-state index contributed by atoms with van der Waals surface area (Å²) in [5.74, 6) is 0.319. The minimum Gasteiger partial charge on any atom is -0.324 e. The van der Waals surface area contributed by atoms with E-state index < -0.39 is 0 Å². The molecule has 4 nitrogen and oxygen atoms in total. The predicted octanol–water partition coefficient (Wildman–Crippen LogP) is 2.20. The molecule has 1 aliphatic heterocycles. The van der Waals surface area contributed by atoms with Gasteiger partial charge < -0.3 is 9.80 Å². The highest BCUT2D eigenvalue weighted by molar-refractivity contribution is 5.84. The number of hydrogen-bond donors (Lipinski definition) is 1. The van der Waals surface area contributed by atoms with Crippen LogP contribution in [0.5, 0.6) is 0 Å². The molecule has 2 fully saturated rings. The first kappa shape index (κ1) is 15.8. The van der Waals surface area contributed by atoms with Crippen LogP contribution in [-0.4, -0.2) is 54.1 Å². The van der Waals surface area contributed by atoms with Crippen molar-refractivity contribution in [3.05, 3.63) is 0 Å². The van der Waals surface area contributed by atoms with Gasteiger partial charge in [-0.25, -0.2) is 0 Å². The van der Waals surface area contributed by atoms with Crippen molar-refractivity contribution in [3.8, 4) is 0 Å². The first-order valence-electron chi connectivity index (χ1n) is 8.24. The zero-order valence-electron chi connectivity index (χ0n) is 13.6. The first-order valence-corrected chi connectivity index (χ1v) is 8.24. The second-order valence-electron chi connectivity index (χ2n) is 6.83. The SMILES string of the molecule is CCCCC1NC(C)N(CC2(N(C)C)CCCC2)C1=O. The van der Waals surface area contributed by atoms with Gasteiger partial charge in [0.25, 0.3) is 0 Å². The zero-order valence-corrected chi connectivity index (χ0v) is 13.6. The third kappa shape index (κ3) is 3.01. The van der Waals surface area contributed by atoms with Gasteiger partial charge in [-0.1, -0.05) is 32.6 Å². The van der Waals surface area contributed by atoms with Gasteiger partial charge in [-0.2, -0.15) is 0 Å². The second-order valence-corrected chi connectivity index (χ2v) is 6.83. The molecular weight excluding hydrogens is 250 g/mol. The van der Waals surface area contributed by atoms with Gasteiger partial charge in [-0.3, -0.25) is 10.1 Å². The number of carbonyl (C=O) groups excluding carboxylic acids is 1. The van der Waals surface area contributed by atoms with Crippen LogP contribution in [0.1, 0.15) is 58.8 Å². The Bertz CT molecular complexity index is 337. The Labute approximate surface area is 123 Å². The molecular formula is C16H31N3O. The Balaban J connectivity index is 2.03. The maximum atomic E-state index is 12.6. The van der Waals surface area contributed by atoms with Gasteiger partial charge in [0.1, 0.15) is 0 Å². The van der Waals surface area contributed by atoms with E-state index in [1.807, 2.05) is 0 Å². The molecule has 1 saturated carbocycles. The molecule has 0 aromatic rings. The summed E-state index contributed by atoms with van der Waals surface area (Å²) in [7, 11) is 4.33. The lowest BCUT2D eigenvalue weighted by Gasteiger charge is -2.40. The van der Waals surface area contributed by atoms with E-state index in [0.717, 1.165) is 25.8 Å². The number of nitrogens with zero attached hydrogens (tertiary/aromatic N) is 2. The molecule has 1 N–H and O–H groups in total. The first-order chi connectivity index (χ1) is 9.50. The molecule has 2 rings (SSSR count). The van der Waals surface area contributed by atoms with Crippen molar-refractivity contribution in [3.63, 3.8) is 0 Å². The van der Waals surface area contributed by atoms with Crippen molar-refractivity contribution < 1.29 is 4.79 Å². The summed E-state index contributed by atoms with van der Waals surface area (Å²) in [6.45, 7) is 5.19. The van der Waals surface area contributed by atoms with E-state index in [1.165, 1.54) is 25.7 Å². The largest absolute Gasteiger partial charge is 0.324 e. The highest BCUT2D eigenvalue weighted by Gasteiger charge is 2.43. The highest BCUT2D eigenvalue weighted by atomic mass is 16.2. The van der Waals surface area contributed by atoms with E-state index in [1.54, 1.807) is 0 Å². The standard InChI is InChI=1S/C16H31N3O/c1-5-6-9-14-15(20)19(13(2)17-14)12-16(18(3)4)10-7-8-11-16/h13-14,17H,5-12H2,1-4H3. The van der Waals surface area contributed by atoms with E-state index in [2.05, 4.69) is 43.1 Å². The van der Waals surface area contributed by atoms with Crippen LogP contribution in [0.2, 0.25) is 0 Å². The Morgan fingerprint density at radius 1 is 1.35 bits per heavy atom. The molecule has 1 saturated heterocycles. The number of rotatable bonds is 6. The van der Waals surface area contributed by atoms with Crippen molar-refractivity contribution in [2.24, 2.45) is 0 Å². The fourth-order valence-corrected chi connectivity index (χ4v) is 3.77. The summed E-state index contributed by atoms with van der Waals surface area (Å²) in [6.07, 6.45) is 8.46. The van der Waals surface area contributed by atoms with Crippen molar-refractivity contribution in [1.82, 2.24) is 15.1 Å². The van der Waals surface area contributed by atoms with Gasteiger partial charge in [-0.15, -0.1) is 0 Å². The van der Waals surface area contributed by atoms with Gasteiger partial charge >= 0.3 is 0 Å². The van der Waals surface area contributed by atoms with Gasteiger partial charge in [0, 0.05) is 12.1 Å². The lowest BCUT2D eigenvalue weighted by Crippen LogP contribution is -2.53. The summed E-state index contributed by atoms with van der Waals surface area (Å²) in [4.78, 5) is 17.1. The number of carbonyl (C=O) groups is 1. The average Bonchev–Trinajstić information content (AvgIpc) is 2.98. The summed E-state index contributed by atoms with van der Waals surface area (Å²) >= 11 is 0. The number of likely N-dealkylation sites (N-methyl/N-ethyl adjacent to an activating group) is 1. The fraction of sp³-hybridized carbons (Fsp3) is 0.938. The van der Waals surface area contributed by atoms with Gasteiger partial charge in [0.05, 0.1) is 12.2 Å². The summed E-state index contributed by atoms with van der Waals surface area (Å²) in [5.41, 5.74) is 0.200. The van der Waals surface area contributed by atoms with Crippen LogP contribution < -0.4 is 5.32 Å². The summed E-state index contributed by atoms with van der Waals surface area (Å²) in [6, 6.07) is 0.0468. The van der Waals surface area contributed by atoms with Gasteiger partial charge in [0.15, 0.2) is 0 Å². The smallest absolute Gasteiger partial charge is 0.241 e. The van der Waals surface area contributed by atoms with Crippen LogP contribution in [0.3, 0.4) is 0 Å². The van der Waals surface area contributed by atoms with E-state index in [0.29, 0.717) is 5.91 Å². The average molecular weight is 281 g/mol. The Morgan fingerprint density at radius 3 is 2.55 bits per heavy atom. The topological polar surface area (TPSA) is 35.6 Å². The lowest BCUT2D eigenvalue weighted by molar-refractivity contribution is -0.131. The minimum atomic E-state index is 0.0468. The molecule has 4 heteroatoms. The predicted molar refractivity (Wildman–Crippen MR) is 82.5 cm³/mol. The molecule has 2 atom stereocenters. The molecule has 2 aliphatic rings. The number of unbranched alkanes of at least 4 members (excludes halogenated alkanes) is 1. The molecule has 2 unspecified atom stereocenters. The maximum absolute atomic E-state index is 12.6. The van der Waals surface area contributed by atoms with Gasteiger partial charge in [0.2, 0.25) is 5.91 Å². The Morgan fingerprint density at radius 2 is 2.00 bits per heavy atom. The molecule has 1 heterocycles. The van der Waals surface area contributed by atoms with Crippen molar-refractivity contribution in [2.75, 3.05) is 20.6 Å². The van der Waals surface area contributed by atoms with Crippen LogP contribution in [0.25, 0.3) is 0 Å². The van der Waals surface area contributed by atoms with Gasteiger partial charge in [-0.05, 0) is 40.3 Å². The molecule has 116 valence electrons. The second kappa shape index (κ2) is 6.44. The Kier molecular flexibility index (Phi) is 5.08. The fourth-order valence-electron chi connectivity index (χ4n) is 3.77. The number of amides is 1. The highest BCUT2D eigenvalue weighted by Crippen LogP contribution is 2.35. The summed E-state index contributed by atoms with van der Waals surface area (Å²) in [5, 5.41) is 3.48. The van der Waals surface area contributed by atoms with Crippen molar-refractivity contribution in [1.29, 1.82) is 0 Å². The van der Waals surface area contributed by atoms with Crippen molar-refractivity contribution >= 4 is 5.91 Å². The number of hydrogen-bond acceptors (Lipinski definition) is 3. The van der Waals surface area contributed by atoms with E-state index >= 15 is 0 Å². The number of nitrogens with one attached hydrogen (secondary N) is 1. The van der Waals surface area contributed by atoms with Crippen LogP contribution in [0, 0.1) is 0 Å². The van der Waals surface area contributed by atoms with Crippen molar-refractivity contribution in [2.45, 2.75) is 76.5 Å². The molecule has 1 amide bonds. The maximum Gasteiger partial charge on any atom is 0.241 e. The summed E-state index contributed by atoms with van der Waals surface area (Å²) < 4.78 is 0. The molecule has 0 aromatic carbocycles. The quantitative estimate of drug-likeness (QED) is 0.811. The van der Waals surface area contributed by atoms with Crippen LogP contribution >= 0.6 is 0 Å². The zero-order chi connectivity index (χ0) is 14.8. The third-order valence-corrected chi connectivity index (χ3v) is 5.29. The normalized spacial score (nSPS) is 29.6. The molecule has 20 heavy (non-hydrogen) atoms. The molecule has 0 bridgehead atoms. The van der Waals surface area contributed by atoms with Crippen LogP contribution in [0.4, 0.5) is 0 Å². The molecule has 0 spiro atoms. The van der Waals surface area contributed by atoms with E-state index in [-0.39, 0.29) is 17.7 Å². The lowest BCUT2D eigenvalue weighted by atomic mass is 9.95. The molecule has 0 radical (unpaired) electrons. The molecule has 1 aliphatic carbocycles. The molecule has 0 aromatic heterocycles. The monoisotopic (exact) mass is 281 g/mol.